The van der Waals surface area contributed by atoms with Gasteiger partial charge in [0, 0.05) is 5.92 Å². The van der Waals surface area contributed by atoms with Gasteiger partial charge in [0.15, 0.2) is 0 Å². The normalized spacial score (nSPS) is 22.2. The van der Waals surface area contributed by atoms with Crippen molar-refractivity contribution in [3.63, 3.8) is 0 Å². The van der Waals surface area contributed by atoms with E-state index in [0.29, 0.717) is 11.8 Å². The number of carbonyl (C=O) groups is 1. The molecular weight excluding hydrogens is 360 g/mol. The van der Waals surface area contributed by atoms with Crippen LogP contribution in [0, 0.1) is 11.8 Å². The molecule has 0 bridgehead atoms. The van der Waals surface area contributed by atoms with Crippen LogP contribution in [0.2, 0.25) is 0 Å². The molecule has 4 heteroatoms. The van der Waals surface area contributed by atoms with E-state index in [1.165, 1.54) is 29.5 Å². The minimum atomic E-state index is -0.920. The van der Waals surface area contributed by atoms with E-state index in [1.54, 1.807) is 24.3 Å². The van der Waals surface area contributed by atoms with Gasteiger partial charge in [0.25, 0.3) is 0 Å². The van der Waals surface area contributed by atoms with E-state index in [9.17, 15) is 4.79 Å². The van der Waals surface area contributed by atoms with Gasteiger partial charge in [0.05, 0.1) is 17.0 Å². The summed E-state index contributed by atoms with van der Waals surface area (Å²) in [6.45, 7) is 11.8. The molecule has 1 atom stereocenters. The van der Waals surface area contributed by atoms with Gasteiger partial charge in [-0.3, -0.25) is 5.43 Å². The number of carboxylic acids is 1. The highest BCUT2D eigenvalue weighted by molar-refractivity contribution is 6.04. The van der Waals surface area contributed by atoms with Crippen LogP contribution in [0.4, 0.5) is 5.69 Å². The second kappa shape index (κ2) is 6.72. The van der Waals surface area contributed by atoms with Crippen molar-refractivity contribution >= 4 is 17.4 Å². The SMILES string of the molecule is CC1C(C)(C)c2ccc(C(=NNc3ccc(C(=O)O)cc3)C3CC3)cc2C1(C)C. The first-order chi connectivity index (χ1) is 13.6. The molecule has 0 aromatic heterocycles. The second-order valence-corrected chi connectivity index (χ2v) is 9.69. The fraction of sp³-hybridized carbons (Fsp3) is 0.440. The lowest BCUT2D eigenvalue weighted by molar-refractivity contribution is 0.0697. The third-order valence-electron chi connectivity index (χ3n) is 7.27. The van der Waals surface area contributed by atoms with Gasteiger partial charge >= 0.3 is 5.97 Å². The Kier molecular flexibility index (Phi) is 4.56. The van der Waals surface area contributed by atoms with Crippen molar-refractivity contribution in [2.45, 2.75) is 58.3 Å². The molecule has 1 fully saturated rings. The Morgan fingerprint density at radius 1 is 0.966 bits per heavy atom. The fourth-order valence-electron chi connectivity index (χ4n) is 4.73. The number of hydrazone groups is 1. The number of nitrogens with one attached hydrogen (secondary N) is 1. The molecule has 0 aliphatic heterocycles. The molecule has 2 aliphatic rings. The van der Waals surface area contributed by atoms with Crippen LogP contribution >= 0.6 is 0 Å². The van der Waals surface area contributed by atoms with Crippen LogP contribution in [0.3, 0.4) is 0 Å². The van der Waals surface area contributed by atoms with Gasteiger partial charge in [-0.2, -0.15) is 5.10 Å². The number of aromatic carboxylic acids is 1. The molecule has 2 aromatic rings. The summed E-state index contributed by atoms with van der Waals surface area (Å²) >= 11 is 0. The largest absolute Gasteiger partial charge is 0.478 e. The Bertz CT molecular complexity index is 982. The summed E-state index contributed by atoms with van der Waals surface area (Å²) < 4.78 is 0. The summed E-state index contributed by atoms with van der Waals surface area (Å²) in [4.78, 5) is 11.0. The summed E-state index contributed by atoms with van der Waals surface area (Å²) in [6.07, 6.45) is 2.33. The molecule has 2 aliphatic carbocycles. The van der Waals surface area contributed by atoms with Gasteiger partial charge in [-0.05, 0) is 76.6 Å². The number of carboxylic acid groups (broad SMARTS) is 1. The standard InChI is InChI=1S/C25H30N2O2/c1-15-24(2,3)20-13-10-18(14-21(20)25(15,4)5)22(16-6-7-16)27-26-19-11-8-17(9-12-19)23(28)29/h8-16,26H,6-7H2,1-5H3,(H,28,29). The molecule has 0 radical (unpaired) electrons. The fourth-order valence-corrected chi connectivity index (χ4v) is 4.73. The molecule has 1 unspecified atom stereocenters. The third-order valence-corrected chi connectivity index (χ3v) is 7.27. The molecule has 0 heterocycles. The number of nitrogens with zero attached hydrogens (tertiary/aromatic N) is 1. The van der Waals surface area contributed by atoms with Gasteiger partial charge in [0.2, 0.25) is 0 Å². The van der Waals surface area contributed by atoms with Gasteiger partial charge in [0.1, 0.15) is 0 Å². The molecule has 0 saturated heterocycles. The number of fused-ring (bicyclic) bond motifs is 1. The molecule has 2 aromatic carbocycles. The predicted octanol–water partition coefficient (Wildman–Crippen LogP) is 5.82. The van der Waals surface area contributed by atoms with E-state index in [4.69, 9.17) is 10.2 Å². The molecule has 152 valence electrons. The zero-order chi connectivity index (χ0) is 21.0. The second-order valence-electron chi connectivity index (χ2n) is 9.69. The Hall–Kier alpha value is -2.62. The van der Waals surface area contributed by atoms with Gasteiger partial charge in [-0.15, -0.1) is 0 Å². The van der Waals surface area contributed by atoms with E-state index >= 15 is 0 Å². The summed E-state index contributed by atoms with van der Waals surface area (Å²) in [5.41, 5.74) is 9.69. The molecule has 1 saturated carbocycles. The van der Waals surface area contributed by atoms with Crippen LogP contribution in [0.15, 0.2) is 47.6 Å². The number of rotatable bonds is 5. The lowest BCUT2D eigenvalue weighted by Gasteiger charge is -2.32. The van der Waals surface area contributed by atoms with Crippen molar-refractivity contribution < 1.29 is 9.90 Å². The van der Waals surface area contributed by atoms with E-state index in [0.717, 1.165) is 11.4 Å². The van der Waals surface area contributed by atoms with E-state index < -0.39 is 5.97 Å². The zero-order valence-electron chi connectivity index (χ0n) is 17.9. The third kappa shape index (κ3) is 3.35. The minimum absolute atomic E-state index is 0.129. The molecule has 29 heavy (non-hydrogen) atoms. The lowest BCUT2D eigenvalue weighted by Crippen LogP contribution is -2.30. The lowest BCUT2D eigenvalue weighted by atomic mass is 9.71. The van der Waals surface area contributed by atoms with Crippen LogP contribution in [0.1, 0.15) is 74.5 Å². The first-order valence-electron chi connectivity index (χ1n) is 10.4. The van der Waals surface area contributed by atoms with Gasteiger partial charge in [-0.25, -0.2) is 4.79 Å². The average molecular weight is 391 g/mol. The first-order valence-corrected chi connectivity index (χ1v) is 10.4. The van der Waals surface area contributed by atoms with Gasteiger partial charge in [-0.1, -0.05) is 46.8 Å². The van der Waals surface area contributed by atoms with Gasteiger partial charge < -0.3 is 5.11 Å². The number of hydrogen-bond acceptors (Lipinski definition) is 3. The van der Waals surface area contributed by atoms with Crippen molar-refractivity contribution in [1.82, 2.24) is 0 Å². The van der Waals surface area contributed by atoms with Crippen molar-refractivity contribution in [1.29, 1.82) is 0 Å². The Labute approximate surface area is 173 Å². The molecule has 4 rings (SSSR count). The maximum Gasteiger partial charge on any atom is 0.335 e. The van der Waals surface area contributed by atoms with Crippen molar-refractivity contribution in [2.75, 3.05) is 5.43 Å². The Morgan fingerprint density at radius 2 is 1.55 bits per heavy atom. The van der Waals surface area contributed by atoms with Crippen LogP contribution < -0.4 is 5.43 Å². The van der Waals surface area contributed by atoms with Crippen LogP contribution in [0.25, 0.3) is 0 Å². The van der Waals surface area contributed by atoms with Crippen molar-refractivity contribution in [2.24, 2.45) is 16.9 Å². The molecular formula is C25H30N2O2. The average Bonchev–Trinajstić information content (AvgIpc) is 3.50. The van der Waals surface area contributed by atoms with E-state index in [2.05, 4.69) is 58.2 Å². The maximum atomic E-state index is 11.0. The highest BCUT2D eigenvalue weighted by atomic mass is 16.4. The van der Waals surface area contributed by atoms with Crippen LogP contribution in [-0.4, -0.2) is 16.8 Å². The highest BCUT2D eigenvalue weighted by Gasteiger charge is 2.48. The maximum absolute atomic E-state index is 11.0. The van der Waals surface area contributed by atoms with Crippen LogP contribution in [0.5, 0.6) is 0 Å². The molecule has 4 nitrogen and oxygen atoms in total. The predicted molar refractivity (Wildman–Crippen MR) is 118 cm³/mol. The number of anilines is 1. The Morgan fingerprint density at radius 3 is 2.14 bits per heavy atom. The van der Waals surface area contributed by atoms with Crippen molar-refractivity contribution in [3.05, 3.63) is 64.7 Å². The smallest absolute Gasteiger partial charge is 0.335 e. The molecule has 2 N–H and O–H groups in total. The summed E-state index contributed by atoms with van der Waals surface area (Å²) in [5.74, 6) is 0.137. The summed E-state index contributed by atoms with van der Waals surface area (Å²) in [6, 6.07) is 13.6. The number of hydrogen-bond donors (Lipinski definition) is 2. The topological polar surface area (TPSA) is 61.7 Å². The Balaban J connectivity index is 1.66. The van der Waals surface area contributed by atoms with Crippen molar-refractivity contribution in [3.8, 4) is 0 Å². The quantitative estimate of drug-likeness (QED) is 0.500. The van der Waals surface area contributed by atoms with E-state index in [-0.39, 0.29) is 16.4 Å². The van der Waals surface area contributed by atoms with Crippen LogP contribution in [-0.2, 0) is 10.8 Å². The molecule has 0 amide bonds. The summed E-state index contributed by atoms with van der Waals surface area (Å²) in [5, 5.41) is 13.8. The zero-order valence-corrected chi connectivity index (χ0v) is 17.9. The van der Waals surface area contributed by atoms with E-state index in [1.807, 2.05) is 0 Å². The first kappa shape index (κ1) is 19.7. The minimum Gasteiger partial charge on any atom is -0.478 e. The monoisotopic (exact) mass is 390 g/mol. The number of benzene rings is 2. The summed E-state index contributed by atoms with van der Waals surface area (Å²) in [7, 11) is 0. The molecule has 0 spiro atoms. The highest BCUT2D eigenvalue weighted by Crippen LogP contribution is 2.53.